The molecule has 1 aliphatic rings. The van der Waals surface area contributed by atoms with Crippen LogP contribution in [0.15, 0.2) is 146 Å². The molecule has 8 aromatic carbocycles. The van der Waals surface area contributed by atoms with Crippen molar-refractivity contribution in [2.24, 2.45) is 0 Å². The predicted octanol–water partition coefficient (Wildman–Crippen LogP) is 13.2. The average Bonchev–Trinajstić information content (AvgIpc) is 3.58. The van der Waals surface area contributed by atoms with E-state index in [2.05, 4.69) is 159 Å². The maximum atomic E-state index is 2.51. The number of rotatable bonds is 2. The van der Waals surface area contributed by atoms with Gasteiger partial charge in [-0.1, -0.05) is 129 Å². The lowest BCUT2D eigenvalue weighted by Crippen LogP contribution is -2.14. The van der Waals surface area contributed by atoms with Gasteiger partial charge < -0.3 is 0 Å². The van der Waals surface area contributed by atoms with Crippen LogP contribution in [0.3, 0.4) is 0 Å². The predicted molar refractivity (Wildman–Crippen MR) is 200 cm³/mol. The van der Waals surface area contributed by atoms with Crippen molar-refractivity contribution in [3.8, 4) is 33.4 Å². The molecule has 9 aromatic rings. The fourth-order valence-corrected chi connectivity index (χ4v) is 9.42. The topological polar surface area (TPSA) is 0 Å². The van der Waals surface area contributed by atoms with Crippen molar-refractivity contribution >= 4 is 63.8 Å². The second-order valence-corrected chi connectivity index (χ2v) is 14.3. The highest BCUT2D eigenvalue weighted by molar-refractivity contribution is 7.26. The molecule has 1 heterocycles. The van der Waals surface area contributed by atoms with Crippen molar-refractivity contribution in [2.75, 3.05) is 0 Å². The molecule has 1 aromatic heterocycles. The molecule has 0 spiro atoms. The summed E-state index contributed by atoms with van der Waals surface area (Å²) in [5, 5.41) is 10.7. The van der Waals surface area contributed by atoms with E-state index < -0.39 is 0 Å². The summed E-state index contributed by atoms with van der Waals surface area (Å²) < 4.78 is 2.69. The van der Waals surface area contributed by atoms with Gasteiger partial charge in [0.1, 0.15) is 0 Å². The second kappa shape index (κ2) is 9.39. The van der Waals surface area contributed by atoms with Crippen molar-refractivity contribution in [3.63, 3.8) is 0 Å². The largest absolute Gasteiger partial charge is 0.135 e. The van der Waals surface area contributed by atoms with E-state index in [1.54, 1.807) is 0 Å². The van der Waals surface area contributed by atoms with Crippen molar-refractivity contribution in [1.82, 2.24) is 0 Å². The maximum absolute atomic E-state index is 2.51. The Morgan fingerprint density at radius 3 is 1.83 bits per heavy atom. The molecule has 0 radical (unpaired) electrons. The van der Waals surface area contributed by atoms with Gasteiger partial charge in [-0.3, -0.25) is 0 Å². The van der Waals surface area contributed by atoms with E-state index in [0.29, 0.717) is 0 Å². The van der Waals surface area contributed by atoms with Gasteiger partial charge in [0.2, 0.25) is 0 Å². The van der Waals surface area contributed by atoms with Crippen LogP contribution >= 0.6 is 11.3 Å². The molecule has 0 saturated heterocycles. The molecule has 216 valence electrons. The molecule has 0 fully saturated rings. The van der Waals surface area contributed by atoms with Crippen molar-refractivity contribution in [2.45, 2.75) is 19.3 Å². The summed E-state index contributed by atoms with van der Waals surface area (Å²) in [5.74, 6) is 0. The van der Waals surface area contributed by atoms with Crippen LogP contribution in [-0.2, 0) is 5.41 Å². The van der Waals surface area contributed by atoms with Crippen LogP contribution in [0.25, 0.3) is 85.9 Å². The van der Waals surface area contributed by atoms with Crippen molar-refractivity contribution < 1.29 is 0 Å². The van der Waals surface area contributed by atoms with Crippen LogP contribution in [0.1, 0.15) is 25.0 Å². The highest BCUT2D eigenvalue weighted by Gasteiger charge is 2.35. The molecule has 46 heavy (non-hydrogen) atoms. The lowest BCUT2D eigenvalue weighted by atomic mass is 9.81. The maximum Gasteiger partial charge on any atom is 0.0433 e. The van der Waals surface area contributed by atoms with E-state index in [-0.39, 0.29) is 5.41 Å². The van der Waals surface area contributed by atoms with Crippen LogP contribution in [0.5, 0.6) is 0 Å². The Morgan fingerprint density at radius 2 is 0.978 bits per heavy atom. The third-order valence-electron chi connectivity index (χ3n) is 10.4. The Hall–Kier alpha value is -5.24. The number of hydrogen-bond acceptors (Lipinski definition) is 1. The van der Waals surface area contributed by atoms with Crippen LogP contribution < -0.4 is 0 Å². The minimum atomic E-state index is -0.0387. The molecule has 0 aliphatic heterocycles. The lowest BCUT2D eigenvalue weighted by molar-refractivity contribution is 0.661. The smallest absolute Gasteiger partial charge is 0.0433 e. The third kappa shape index (κ3) is 3.55. The number of thiophene rings is 1. The monoisotopic (exact) mass is 602 g/mol. The summed E-state index contributed by atoms with van der Waals surface area (Å²) in [6.07, 6.45) is 0. The highest BCUT2D eigenvalue weighted by atomic mass is 32.1. The summed E-state index contributed by atoms with van der Waals surface area (Å²) in [5.41, 5.74) is 10.6. The zero-order chi connectivity index (χ0) is 30.6. The van der Waals surface area contributed by atoms with Crippen LogP contribution in [0.4, 0.5) is 0 Å². The third-order valence-corrected chi connectivity index (χ3v) is 11.6. The van der Waals surface area contributed by atoms with Gasteiger partial charge in [0.15, 0.2) is 0 Å². The summed E-state index contributed by atoms with van der Waals surface area (Å²) in [6.45, 7) is 4.76. The lowest BCUT2D eigenvalue weighted by Gasteiger charge is -2.22. The molecule has 1 heteroatoms. The van der Waals surface area contributed by atoms with Crippen molar-refractivity contribution in [1.29, 1.82) is 0 Å². The Balaban J connectivity index is 1.26. The molecule has 0 nitrogen and oxygen atoms in total. The first-order valence-electron chi connectivity index (χ1n) is 16.1. The molecule has 0 atom stereocenters. The summed E-state index contributed by atoms with van der Waals surface area (Å²) in [7, 11) is 0. The normalized spacial score (nSPS) is 13.6. The Labute approximate surface area is 272 Å². The first-order chi connectivity index (χ1) is 22.6. The molecular formula is C45H30S. The number of hydrogen-bond donors (Lipinski definition) is 0. The second-order valence-electron chi connectivity index (χ2n) is 13.3. The number of fused-ring (bicyclic) bond motifs is 12. The molecule has 0 saturated carbocycles. The molecule has 0 amide bonds. The Kier molecular flexibility index (Phi) is 5.31. The Morgan fingerprint density at radius 1 is 0.370 bits per heavy atom. The first-order valence-corrected chi connectivity index (χ1v) is 16.9. The number of benzene rings is 8. The van der Waals surface area contributed by atoms with Gasteiger partial charge in [-0.05, 0) is 107 Å². The standard InChI is InChI=1S/C45H30S/c1-45(2)41-21-9-8-18-33(41)39-23-35-31-16-6-7-17-32(31)36-24-40-34-20-11-19-30(29-15-10-14-28(22-29)27-12-4-3-5-13-27)44(34)46-43(40)26-38(36)37(35)25-42(39)45/h3-26H,1-2H3. The van der Waals surface area contributed by atoms with Gasteiger partial charge in [0, 0.05) is 25.6 Å². The van der Waals surface area contributed by atoms with Crippen LogP contribution in [0, 0.1) is 0 Å². The molecular weight excluding hydrogens is 573 g/mol. The van der Waals surface area contributed by atoms with E-state index in [1.165, 1.54) is 97.0 Å². The minimum Gasteiger partial charge on any atom is -0.135 e. The molecule has 0 N–H and O–H groups in total. The molecule has 0 bridgehead atoms. The van der Waals surface area contributed by atoms with Gasteiger partial charge in [0.25, 0.3) is 0 Å². The van der Waals surface area contributed by atoms with Crippen molar-refractivity contribution in [3.05, 3.63) is 157 Å². The van der Waals surface area contributed by atoms with Gasteiger partial charge in [-0.2, -0.15) is 0 Å². The average molecular weight is 603 g/mol. The molecule has 10 rings (SSSR count). The molecule has 0 unspecified atom stereocenters. The van der Waals surface area contributed by atoms with Gasteiger partial charge in [-0.25, -0.2) is 0 Å². The zero-order valence-electron chi connectivity index (χ0n) is 25.8. The highest BCUT2D eigenvalue weighted by Crippen LogP contribution is 2.52. The summed E-state index contributed by atoms with van der Waals surface area (Å²) >= 11 is 1.93. The van der Waals surface area contributed by atoms with E-state index >= 15 is 0 Å². The summed E-state index contributed by atoms with van der Waals surface area (Å²) in [4.78, 5) is 0. The van der Waals surface area contributed by atoms with Gasteiger partial charge in [-0.15, -0.1) is 11.3 Å². The fourth-order valence-electron chi connectivity index (χ4n) is 8.16. The van der Waals surface area contributed by atoms with Crippen LogP contribution in [-0.4, -0.2) is 0 Å². The van der Waals surface area contributed by atoms with E-state index in [1.807, 2.05) is 11.3 Å². The van der Waals surface area contributed by atoms with E-state index in [4.69, 9.17) is 0 Å². The minimum absolute atomic E-state index is 0.0387. The fraction of sp³-hybridized carbons (Fsp3) is 0.0667. The van der Waals surface area contributed by atoms with Gasteiger partial charge >= 0.3 is 0 Å². The quantitative estimate of drug-likeness (QED) is 0.173. The SMILES string of the molecule is CC1(C)c2ccccc2-c2cc3c4ccccc4c4cc5c(cc4c3cc21)sc1c(-c2cccc(-c3ccccc3)c2)cccc15. The molecule has 1 aliphatic carbocycles. The Bertz CT molecular complexity index is 2710. The van der Waals surface area contributed by atoms with E-state index in [9.17, 15) is 0 Å². The van der Waals surface area contributed by atoms with Crippen LogP contribution in [0.2, 0.25) is 0 Å². The summed E-state index contributed by atoms with van der Waals surface area (Å²) in [6, 6.07) is 54.4. The van der Waals surface area contributed by atoms with Gasteiger partial charge in [0.05, 0.1) is 0 Å². The zero-order valence-corrected chi connectivity index (χ0v) is 26.6. The first kappa shape index (κ1) is 26.0. The van der Waals surface area contributed by atoms with E-state index in [0.717, 1.165) is 0 Å².